The summed E-state index contributed by atoms with van der Waals surface area (Å²) in [4.78, 5) is 14.3. The third kappa shape index (κ3) is 10.2. The fraction of sp³-hybridized carbons (Fsp3) is 0.162. The number of hydrogen-bond donors (Lipinski definition) is 0. The number of benzene rings is 7. The van der Waals surface area contributed by atoms with Gasteiger partial charge >= 0.3 is 0 Å². The van der Waals surface area contributed by atoms with Gasteiger partial charge in [-0.05, 0) is 152 Å². The van der Waals surface area contributed by atoms with Gasteiger partial charge in [0.05, 0.1) is 17.1 Å². The molecular formula is C68H61N3. The standard InChI is InChI=1S/C68H61N3/c1-44-17-34-66(69-41-44)56-28-20-51(21-29-56)47(4)49(6)59-37-60(50(7)48(5)52-22-30-57(31-23-52)67-35-18-45(2)42-70-67)39-61(38-59)62-15-11-12-16-63(62)64-33-32-58(68-36-19-46(3)43-71-68)40-65(64)55-26-24-54(25-27-55)53-13-9-8-10-14-53/h8-43,47-50H,1-7H3. The SMILES string of the molecule is Cc1ccc(-c2ccc(C(C)C(C)c3cc(-c4ccccc4-c4ccc(-c5ccc(C)cn5)cc4-c4ccc(-c5ccccc5)cc4)cc(C(C)C(C)c4ccc(-c5ccc(C)cn5)cc4)c3)cc2)nc1. The maximum absolute atomic E-state index is 4.87. The van der Waals surface area contributed by atoms with Gasteiger partial charge in [0, 0.05) is 35.3 Å². The number of hydrogen-bond acceptors (Lipinski definition) is 3. The highest BCUT2D eigenvalue weighted by Crippen LogP contribution is 2.44. The maximum atomic E-state index is 4.87. The Balaban J connectivity index is 1.07. The van der Waals surface area contributed by atoms with E-state index in [1.165, 1.54) is 61.2 Å². The summed E-state index contributed by atoms with van der Waals surface area (Å²) in [6.07, 6.45) is 5.84. The number of nitrogens with zero attached hydrogens (tertiary/aromatic N) is 3. The van der Waals surface area contributed by atoms with Crippen molar-refractivity contribution in [2.24, 2.45) is 0 Å². The van der Waals surface area contributed by atoms with Crippen LogP contribution in [0.1, 0.15) is 90.3 Å². The predicted molar refractivity (Wildman–Crippen MR) is 299 cm³/mol. The summed E-state index contributed by atoms with van der Waals surface area (Å²) in [5, 5.41) is 0. The first-order chi connectivity index (χ1) is 34.6. The second-order valence-electron chi connectivity index (χ2n) is 19.7. The molecular weight excluding hydrogens is 859 g/mol. The van der Waals surface area contributed by atoms with Crippen LogP contribution in [0.4, 0.5) is 0 Å². The molecule has 10 aromatic rings. The number of rotatable bonds is 13. The Kier molecular flexibility index (Phi) is 13.5. The van der Waals surface area contributed by atoms with Crippen molar-refractivity contribution in [1.29, 1.82) is 0 Å². The van der Waals surface area contributed by atoms with Crippen molar-refractivity contribution < 1.29 is 0 Å². The zero-order valence-corrected chi connectivity index (χ0v) is 41.9. The molecule has 0 amide bonds. The largest absolute Gasteiger partial charge is 0.256 e. The van der Waals surface area contributed by atoms with Gasteiger partial charge in [-0.25, -0.2) is 0 Å². The minimum Gasteiger partial charge on any atom is -0.256 e. The van der Waals surface area contributed by atoms with Crippen LogP contribution >= 0.6 is 0 Å². The molecule has 0 aliphatic rings. The molecule has 0 spiro atoms. The summed E-state index contributed by atoms with van der Waals surface area (Å²) < 4.78 is 0. The molecule has 71 heavy (non-hydrogen) atoms. The van der Waals surface area contributed by atoms with Crippen LogP contribution < -0.4 is 0 Å². The Morgan fingerprint density at radius 1 is 0.254 bits per heavy atom. The van der Waals surface area contributed by atoms with Crippen LogP contribution in [-0.4, -0.2) is 15.0 Å². The molecule has 0 radical (unpaired) electrons. The van der Waals surface area contributed by atoms with Gasteiger partial charge in [0.2, 0.25) is 0 Å². The van der Waals surface area contributed by atoms with Crippen molar-refractivity contribution in [1.82, 2.24) is 15.0 Å². The molecule has 0 aliphatic carbocycles. The maximum Gasteiger partial charge on any atom is 0.0702 e. The Hall–Kier alpha value is -8.01. The fourth-order valence-corrected chi connectivity index (χ4v) is 9.96. The third-order valence-electron chi connectivity index (χ3n) is 14.9. The van der Waals surface area contributed by atoms with E-state index in [-0.39, 0.29) is 23.7 Å². The summed E-state index contributed by atoms with van der Waals surface area (Å²) in [5.74, 6) is 0.982. The molecule has 0 fully saturated rings. The molecule has 3 nitrogen and oxygen atoms in total. The summed E-state index contributed by atoms with van der Waals surface area (Å²) in [6, 6.07) is 73.8. The van der Waals surface area contributed by atoms with Crippen molar-refractivity contribution in [3.8, 4) is 78.3 Å². The van der Waals surface area contributed by atoms with E-state index in [9.17, 15) is 0 Å². The van der Waals surface area contributed by atoms with E-state index in [0.717, 1.165) is 56.0 Å². The molecule has 0 saturated carbocycles. The van der Waals surface area contributed by atoms with E-state index in [0.29, 0.717) is 0 Å². The Labute approximate surface area is 421 Å². The van der Waals surface area contributed by atoms with E-state index in [4.69, 9.17) is 15.0 Å². The van der Waals surface area contributed by atoms with Crippen molar-refractivity contribution in [3.63, 3.8) is 0 Å². The Morgan fingerprint density at radius 3 is 1.11 bits per heavy atom. The summed E-state index contributed by atoms with van der Waals surface area (Å²) in [7, 11) is 0. The van der Waals surface area contributed by atoms with E-state index >= 15 is 0 Å². The van der Waals surface area contributed by atoms with Gasteiger partial charge in [-0.3, -0.25) is 15.0 Å². The van der Waals surface area contributed by atoms with Crippen molar-refractivity contribution in [2.45, 2.75) is 72.1 Å². The summed E-state index contributed by atoms with van der Waals surface area (Å²) >= 11 is 0. The summed E-state index contributed by atoms with van der Waals surface area (Å²) in [5.41, 5.74) is 24.6. The van der Waals surface area contributed by atoms with Crippen LogP contribution in [0.3, 0.4) is 0 Å². The average molecular weight is 920 g/mol. The Bertz CT molecular complexity index is 3270. The van der Waals surface area contributed by atoms with Crippen molar-refractivity contribution in [2.75, 3.05) is 0 Å². The van der Waals surface area contributed by atoms with Gasteiger partial charge in [0.25, 0.3) is 0 Å². The minimum atomic E-state index is 0.230. The molecule has 3 aromatic heterocycles. The third-order valence-corrected chi connectivity index (χ3v) is 14.9. The summed E-state index contributed by atoms with van der Waals surface area (Å²) in [6.45, 7) is 15.8. The van der Waals surface area contributed by atoms with Crippen LogP contribution in [0.5, 0.6) is 0 Å². The van der Waals surface area contributed by atoms with Crippen LogP contribution in [0.15, 0.2) is 219 Å². The quantitative estimate of drug-likeness (QED) is 0.116. The molecule has 0 N–H and O–H groups in total. The number of aryl methyl sites for hydroxylation is 3. The minimum absolute atomic E-state index is 0.230. The lowest BCUT2D eigenvalue weighted by Gasteiger charge is -2.27. The molecule has 4 unspecified atom stereocenters. The molecule has 3 heterocycles. The smallest absolute Gasteiger partial charge is 0.0702 e. The topological polar surface area (TPSA) is 38.7 Å². The van der Waals surface area contributed by atoms with Crippen LogP contribution in [-0.2, 0) is 0 Å². The second-order valence-corrected chi connectivity index (χ2v) is 19.7. The van der Waals surface area contributed by atoms with E-state index < -0.39 is 0 Å². The first-order valence-corrected chi connectivity index (χ1v) is 25.1. The first-order valence-electron chi connectivity index (χ1n) is 25.1. The van der Waals surface area contributed by atoms with Crippen LogP contribution in [0.2, 0.25) is 0 Å². The molecule has 0 aliphatic heterocycles. The van der Waals surface area contributed by atoms with Gasteiger partial charge in [-0.15, -0.1) is 0 Å². The second kappa shape index (κ2) is 20.5. The highest BCUT2D eigenvalue weighted by molar-refractivity contribution is 5.94. The van der Waals surface area contributed by atoms with Gasteiger partial charge < -0.3 is 0 Å². The highest BCUT2D eigenvalue weighted by atomic mass is 14.7. The average Bonchev–Trinajstić information content (AvgIpc) is 3.43. The van der Waals surface area contributed by atoms with Crippen molar-refractivity contribution in [3.05, 3.63) is 258 Å². The van der Waals surface area contributed by atoms with Gasteiger partial charge in [-0.1, -0.05) is 204 Å². The molecule has 10 rings (SSSR count). The number of pyridine rings is 3. The van der Waals surface area contributed by atoms with Gasteiger partial charge in [-0.2, -0.15) is 0 Å². The lowest BCUT2D eigenvalue weighted by Crippen LogP contribution is -2.09. The van der Waals surface area contributed by atoms with Gasteiger partial charge in [0.15, 0.2) is 0 Å². The van der Waals surface area contributed by atoms with Gasteiger partial charge in [0.1, 0.15) is 0 Å². The lowest BCUT2D eigenvalue weighted by molar-refractivity contribution is 0.608. The van der Waals surface area contributed by atoms with E-state index in [1.807, 2.05) is 18.6 Å². The first kappa shape index (κ1) is 46.7. The monoisotopic (exact) mass is 919 g/mol. The van der Waals surface area contributed by atoms with Crippen LogP contribution in [0.25, 0.3) is 78.3 Å². The molecule has 0 bridgehead atoms. The lowest BCUT2D eigenvalue weighted by atomic mass is 9.78. The predicted octanol–water partition coefficient (Wildman–Crippen LogP) is 18.3. The molecule has 4 atom stereocenters. The molecule has 0 saturated heterocycles. The number of aromatic nitrogens is 3. The van der Waals surface area contributed by atoms with E-state index in [1.54, 1.807) is 0 Å². The molecule has 3 heteroatoms. The zero-order chi connectivity index (χ0) is 49.0. The van der Waals surface area contributed by atoms with Crippen molar-refractivity contribution >= 4 is 0 Å². The van der Waals surface area contributed by atoms with E-state index in [2.05, 4.69) is 249 Å². The Morgan fingerprint density at radius 2 is 0.634 bits per heavy atom. The normalized spacial score (nSPS) is 13.1. The molecule has 348 valence electrons. The van der Waals surface area contributed by atoms with Crippen LogP contribution in [0, 0.1) is 20.8 Å². The molecule has 7 aromatic carbocycles. The fourth-order valence-electron chi connectivity index (χ4n) is 9.96. The highest BCUT2D eigenvalue weighted by Gasteiger charge is 2.24. The zero-order valence-electron chi connectivity index (χ0n) is 41.9.